The Bertz CT molecular complexity index is 1400. The average molecular weight is 472 g/mol. The molecule has 2 heterocycles. The highest BCUT2D eigenvalue weighted by atomic mass is 35.5. The molecule has 0 spiro atoms. The van der Waals surface area contributed by atoms with E-state index in [1.807, 2.05) is 13.8 Å². The number of hydrogen-bond donors (Lipinski definition) is 1. The number of thiophene rings is 1. The summed E-state index contributed by atoms with van der Waals surface area (Å²) in [6.07, 6.45) is 1.36. The lowest BCUT2D eigenvalue weighted by Crippen LogP contribution is -2.28. The number of nitrogens with one attached hydrogen (secondary N) is 1. The van der Waals surface area contributed by atoms with Gasteiger partial charge in [0.15, 0.2) is 0 Å². The second-order valence-corrected chi connectivity index (χ2v) is 8.86. The van der Waals surface area contributed by atoms with E-state index >= 15 is 0 Å². The van der Waals surface area contributed by atoms with E-state index < -0.39 is 5.91 Å². The van der Waals surface area contributed by atoms with Crippen LogP contribution >= 0.6 is 22.9 Å². The van der Waals surface area contributed by atoms with Gasteiger partial charge in [0.2, 0.25) is 5.91 Å². The van der Waals surface area contributed by atoms with Crippen LogP contribution in [0.4, 0.5) is 10.1 Å². The van der Waals surface area contributed by atoms with Crippen LogP contribution in [0.25, 0.3) is 21.3 Å². The average Bonchev–Trinajstić information content (AvgIpc) is 3.10. The first-order valence-electron chi connectivity index (χ1n) is 9.67. The van der Waals surface area contributed by atoms with Crippen molar-refractivity contribution in [1.82, 2.24) is 9.55 Å². The fourth-order valence-electron chi connectivity index (χ4n) is 3.49. The number of fused-ring (bicyclic) bond motifs is 1. The largest absolute Gasteiger partial charge is 0.495 e. The molecule has 0 fully saturated rings. The quantitative estimate of drug-likeness (QED) is 0.435. The fourth-order valence-corrected chi connectivity index (χ4v) is 4.65. The molecular formula is C23H19ClFN3O3S. The van der Waals surface area contributed by atoms with Gasteiger partial charge in [0, 0.05) is 21.5 Å². The van der Waals surface area contributed by atoms with Gasteiger partial charge >= 0.3 is 0 Å². The third-order valence-electron chi connectivity index (χ3n) is 5.06. The summed E-state index contributed by atoms with van der Waals surface area (Å²) in [6, 6.07) is 9.28. The van der Waals surface area contributed by atoms with Gasteiger partial charge in [-0.2, -0.15) is 0 Å². The number of aryl methyl sites for hydroxylation is 2. The number of halogens is 2. The zero-order valence-corrected chi connectivity index (χ0v) is 19.1. The van der Waals surface area contributed by atoms with Gasteiger partial charge in [-0.1, -0.05) is 23.7 Å². The maximum Gasteiger partial charge on any atom is 0.263 e. The minimum Gasteiger partial charge on any atom is -0.495 e. The molecule has 4 rings (SSSR count). The number of methoxy groups -OCH3 is 1. The maximum absolute atomic E-state index is 13.4. The van der Waals surface area contributed by atoms with Gasteiger partial charge in [-0.15, -0.1) is 11.3 Å². The van der Waals surface area contributed by atoms with Gasteiger partial charge in [0.05, 0.1) is 24.5 Å². The van der Waals surface area contributed by atoms with Crippen LogP contribution in [0.3, 0.4) is 0 Å². The molecule has 0 saturated heterocycles. The number of benzene rings is 2. The normalized spacial score (nSPS) is 11.0. The highest BCUT2D eigenvalue weighted by molar-refractivity contribution is 7.19. The summed E-state index contributed by atoms with van der Waals surface area (Å²) >= 11 is 7.50. The zero-order chi connectivity index (χ0) is 23.0. The Balaban J connectivity index is 1.69. The van der Waals surface area contributed by atoms with Crippen molar-refractivity contribution in [2.75, 3.05) is 12.4 Å². The molecule has 0 saturated carbocycles. The van der Waals surface area contributed by atoms with Crippen LogP contribution in [0.15, 0.2) is 47.5 Å². The summed E-state index contributed by atoms with van der Waals surface area (Å²) in [5.74, 6) is -0.350. The number of carbonyl (C=O) groups excluding carboxylic acids is 1. The third-order valence-corrected chi connectivity index (χ3v) is 6.48. The molecule has 32 heavy (non-hydrogen) atoms. The minimum absolute atomic E-state index is 0.232. The van der Waals surface area contributed by atoms with Crippen molar-refractivity contribution in [1.29, 1.82) is 0 Å². The number of anilines is 1. The van der Waals surface area contributed by atoms with Crippen molar-refractivity contribution in [3.63, 3.8) is 0 Å². The van der Waals surface area contributed by atoms with Crippen LogP contribution in [-0.4, -0.2) is 22.6 Å². The molecule has 1 N–H and O–H groups in total. The summed E-state index contributed by atoms with van der Waals surface area (Å²) in [4.78, 5) is 31.8. The highest BCUT2D eigenvalue weighted by Crippen LogP contribution is 2.35. The van der Waals surface area contributed by atoms with Crippen molar-refractivity contribution < 1.29 is 13.9 Å². The van der Waals surface area contributed by atoms with Gasteiger partial charge in [0.1, 0.15) is 22.9 Å². The smallest absolute Gasteiger partial charge is 0.263 e. The van der Waals surface area contributed by atoms with E-state index in [0.29, 0.717) is 32.2 Å². The molecule has 2 aromatic heterocycles. The molecule has 0 bridgehead atoms. The van der Waals surface area contributed by atoms with Crippen molar-refractivity contribution >= 4 is 44.7 Å². The van der Waals surface area contributed by atoms with Gasteiger partial charge in [0.25, 0.3) is 5.56 Å². The van der Waals surface area contributed by atoms with E-state index in [1.54, 1.807) is 24.3 Å². The molecule has 0 radical (unpaired) electrons. The molecule has 9 heteroatoms. The van der Waals surface area contributed by atoms with E-state index in [4.69, 9.17) is 16.3 Å². The fraction of sp³-hybridized carbons (Fsp3) is 0.174. The van der Waals surface area contributed by atoms with Crippen LogP contribution in [0.1, 0.15) is 10.4 Å². The van der Waals surface area contributed by atoms with Crippen molar-refractivity contribution in [2.24, 2.45) is 0 Å². The van der Waals surface area contributed by atoms with Crippen molar-refractivity contribution in [2.45, 2.75) is 20.4 Å². The summed E-state index contributed by atoms with van der Waals surface area (Å²) in [6.45, 7) is 3.47. The standard InChI is InChI=1S/C23H19ClFN3O3S/c1-12-8-17(18(31-3)9-16(12)24)27-19(29)10-28-11-26-22-21(23(28)30)20(13(2)32-22)14-4-6-15(25)7-5-14/h4-9,11H,10H2,1-3H3,(H,27,29). The number of hydrogen-bond acceptors (Lipinski definition) is 5. The van der Waals surface area contributed by atoms with Gasteiger partial charge in [-0.05, 0) is 43.2 Å². The Kier molecular flexibility index (Phi) is 5.99. The zero-order valence-electron chi connectivity index (χ0n) is 17.5. The van der Waals surface area contributed by atoms with Gasteiger partial charge < -0.3 is 10.1 Å². The highest BCUT2D eigenvalue weighted by Gasteiger charge is 2.18. The number of amides is 1. The maximum atomic E-state index is 13.4. The predicted molar refractivity (Wildman–Crippen MR) is 125 cm³/mol. The first kappa shape index (κ1) is 22.0. The first-order valence-corrected chi connectivity index (χ1v) is 10.9. The topological polar surface area (TPSA) is 73.2 Å². The number of carbonyl (C=O) groups is 1. The second-order valence-electron chi connectivity index (χ2n) is 7.25. The number of nitrogens with zero attached hydrogens (tertiary/aromatic N) is 2. The molecule has 6 nitrogen and oxygen atoms in total. The van der Waals surface area contributed by atoms with Crippen molar-refractivity contribution in [3.05, 3.63) is 74.4 Å². The van der Waals surface area contributed by atoms with E-state index in [0.717, 1.165) is 16.0 Å². The van der Waals surface area contributed by atoms with Crippen LogP contribution in [0.2, 0.25) is 5.02 Å². The number of rotatable bonds is 5. The van der Waals surface area contributed by atoms with E-state index in [1.165, 1.54) is 41.5 Å². The molecule has 0 atom stereocenters. The lowest BCUT2D eigenvalue weighted by atomic mass is 10.0. The molecule has 1 amide bonds. The third kappa shape index (κ3) is 4.11. The molecule has 2 aromatic carbocycles. The molecule has 0 aliphatic carbocycles. The predicted octanol–water partition coefficient (Wildman–Crippen LogP) is 5.18. The van der Waals surface area contributed by atoms with Crippen LogP contribution < -0.4 is 15.6 Å². The second kappa shape index (κ2) is 8.72. The Hall–Kier alpha value is -3.23. The minimum atomic E-state index is -0.413. The Morgan fingerprint density at radius 2 is 1.97 bits per heavy atom. The van der Waals surface area contributed by atoms with Crippen LogP contribution in [0, 0.1) is 19.7 Å². The van der Waals surface area contributed by atoms with Gasteiger partial charge in [-0.3, -0.25) is 14.2 Å². The van der Waals surface area contributed by atoms with E-state index in [-0.39, 0.29) is 17.9 Å². The van der Waals surface area contributed by atoms with Crippen LogP contribution in [0.5, 0.6) is 5.75 Å². The molecule has 0 aliphatic rings. The van der Waals surface area contributed by atoms with Crippen molar-refractivity contribution in [3.8, 4) is 16.9 Å². The lowest BCUT2D eigenvalue weighted by Gasteiger charge is -2.13. The summed E-state index contributed by atoms with van der Waals surface area (Å²) < 4.78 is 19.9. The van der Waals surface area contributed by atoms with E-state index in [9.17, 15) is 14.0 Å². The molecule has 0 unspecified atom stereocenters. The summed E-state index contributed by atoms with van der Waals surface area (Å²) in [5, 5.41) is 3.69. The Morgan fingerprint density at radius 1 is 1.25 bits per heavy atom. The SMILES string of the molecule is COc1cc(Cl)c(C)cc1NC(=O)Cn1cnc2sc(C)c(-c3ccc(F)cc3)c2c1=O. The number of ether oxygens (including phenoxy) is 1. The van der Waals surface area contributed by atoms with Gasteiger partial charge in [-0.25, -0.2) is 9.37 Å². The monoisotopic (exact) mass is 471 g/mol. The summed E-state index contributed by atoms with van der Waals surface area (Å²) in [5.41, 5.74) is 2.32. The van der Waals surface area contributed by atoms with E-state index in [2.05, 4.69) is 10.3 Å². The molecule has 4 aromatic rings. The molecular weight excluding hydrogens is 453 g/mol. The first-order chi connectivity index (χ1) is 15.3. The Labute approximate surface area is 192 Å². The molecule has 164 valence electrons. The van der Waals surface area contributed by atoms with Crippen LogP contribution in [-0.2, 0) is 11.3 Å². The lowest BCUT2D eigenvalue weighted by molar-refractivity contribution is -0.116. The molecule has 0 aliphatic heterocycles. The number of aromatic nitrogens is 2. The summed E-state index contributed by atoms with van der Waals surface area (Å²) in [7, 11) is 1.48. The Morgan fingerprint density at radius 3 is 2.66 bits per heavy atom.